The lowest BCUT2D eigenvalue weighted by Gasteiger charge is -2.37. The van der Waals surface area contributed by atoms with Gasteiger partial charge in [-0.1, -0.05) is 25.5 Å². The van der Waals surface area contributed by atoms with Crippen LogP contribution in [0, 0.1) is 17.2 Å². The van der Waals surface area contributed by atoms with Crippen molar-refractivity contribution in [2.75, 3.05) is 39.8 Å². The van der Waals surface area contributed by atoms with Crippen LogP contribution in [0.1, 0.15) is 44.2 Å². The number of ether oxygens (including phenoxy) is 1. The Labute approximate surface area is 183 Å². The van der Waals surface area contributed by atoms with E-state index in [1.165, 1.54) is 0 Å². The summed E-state index contributed by atoms with van der Waals surface area (Å²) in [7, 11) is 1.61. The van der Waals surface area contributed by atoms with Crippen LogP contribution in [-0.4, -0.2) is 72.3 Å². The van der Waals surface area contributed by atoms with E-state index in [1.807, 2.05) is 35.2 Å². The first kappa shape index (κ1) is 22.6. The van der Waals surface area contributed by atoms with Crippen molar-refractivity contribution in [1.82, 2.24) is 14.7 Å². The molecule has 2 atom stereocenters. The molecule has 2 heterocycles. The lowest BCUT2D eigenvalue weighted by atomic mass is 9.91. The number of nitriles is 1. The Morgan fingerprint density at radius 1 is 1.13 bits per heavy atom. The molecular weight excluding hydrogens is 396 g/mol. The summed E-state index contributed by atoms with van der Waals surface area (Å²) in [4.78, 5) is 43.5. The monoisotopic (exact) mass is 426 g/mol. The Morgan fingerprint density at radius 3 is 2.35 bits per heavy atom. The average molecular weight is 427 g/mol. The van der Waals surface area contributed by atoms with Gasteiger partial charge >= 0.3 is 0 Å². The number of methoxy groups -OCH3 is 1. The largest absolute Gasteiger partial charge is 0.497 e. The highest BCUT2D eigenvalue weighted by atomic mass is 16.5. The van der Waals surface area contributed by atoms with Gasteiger partial charge in [-0.25, -0.2) is 0 Å². The number of likely N-dealkylation sites (tertiary alicyclic amines) is 1. The van der Waals surface area contributed by atoms with E-state index in [1.54, 1.807) is 16.9 Å². The Hall–Kier alpha value is -3.08. The van der Waals surface area contributed by atoms with Gasteiger partial charge in [-0.3, -0.25) is 14.4 Å². The molecule has 0 radical (unpaired) electrons. The molecule has 0 saturated carbocycles. The number of carbonyl (C=O) groups is 3. The van der Waals surface area contributed by atoms with Crippen LogP contribution in [0.4, 0.5) is 0 Å². The molecule has 1 aromatic rings. The van der Waals surface area contributed by atoms with Crippen LogP contribution in [0.2, 0.25) is 0 Å². The number of piperazine rings is 1. The molecule has 1 aromatic carbocycles. The number of amides is 3. The molecular formula is C23H30N4O4. The molecule has 2 aliphatic heterocycles. The van der Waals surface area contributed by atoms with Gasteiger partial charge in [-0.15, -0.1) is 0 Å². The minimum atomic E-state index is -0.445. The molecule has 0 aromatic heterocycles. The van der Waals surface area contributed by atoms with Gasteiger partial charge in [0.2, 0.25) is 17.7 Å². The number of unbranched alkanes of at least 4 members (excludes halogenated alkanes) is 1. The predicted octanol–water partition coefficient (Wildman–Crippen LogP) is 1.97. The standard InChI is InChI=1S/C23H30N4O4/c1-3-4-11-27-21(29)16-19(22(27)17-5-7-18(31-2)8-6-17)23(30)26-14-12-25(13-15-26)20(28)9-10-24/h5-8,19,22H,3-4,9,11-16H2,1-2H3/t19-,22+/m1/s1. The minimum Gasteiger partial charge on any atom is -0.497 e. The summed E-state index contributed by atoms with van der Waals surface area (Å²) in [6.45, 7) is 4.39. The molecule has 31 heavy (non-hydrogen) atoms. The summed E-state index contributed by atoms with van der Waals surface area (Å²) in [5.41, 5.74) is 0.934. The smallest absolute Gasteiger partial charge is 0.236 e. The van der Waals surface area contributed by atoms with Crippen molar-refractivity contribution >= 4 is 17.7 Å². The normalized spacial score (nSPS) is 21.2. The summed E-state index contributed by atoms with van der Waals surface area (Å²) in [5.74, 6) is 0.0526. The van der Waals surface area contributed by atoms with Crippen LogP contribution in [0.5, 0.6) is 5.75 Å². The lowest BCUT2D eigenvalue weighted by molar-refractivity contribution is -0.142. The highest BCUT2D eigenvalue weighted by molar-refractivity contribution is 5.90. The van der Waals surface area contributed by atoms with Crippen LogP contribution < -0.4 is 4.74 Å². The minimum absolute atomic E-state index is 0.00968. The van der Waals surface area contributed by atoms with E-state index in [-0.39, 0.29) is 36.6 Å². The average Bonchev–Trinajstić information content (AvgIpc) is 3.13. The molecule has 2 saturated heterocycles. The molecule has 0 bridgehead atoms. The number of hydrogen-bond acceptors (Lipinski definition) is 5. The number of rotatable bonds is 7. The molecule has 0 unspecified atom stereocenters. The maximum absolute atomic E-state index is 13.4. The summed E-state index contributed by atoms with van der Waals surface area (Å²) in [5, 5.41) is 8.73. The molecule has 0 spiro atoms. The quantitative estimate of drug-likeness (QED) is 0.664. The Kier molecular flexibility index (Phi) is 7.50. The fourth-order valence-corrected chi connectivity index (χ4v) is 4.41. The topological polar surface area (TPSA) is 94.0 Å². The maximum Gasteiger partial charge on any atom is 0.236 e. The molecule has 3 rings (SSSR count). The first-order chi connectivity index (χ1) is 15.0. The Morgan fingerprint density at radius 2 is 1.77 bits per heavy atom. The highest BCUT2D eigenvalue weighted by Crippen LogP contribution is 2.40. The van der Waals surface area contributed by atoms with Crippen molar-refractivity contribution in [1.29, 1.82) is 5.26 Å². The zero-order chi connectivity index (χ0) is 22.4. The molecule has 0 N–H and O–H groups in total. The van der Waals surface area contributed by atoms with Gasteiger partial charge in [0.05, 0.1) is 25.1 Å². The van der Waals surface area contributed by atoms with Gasteiger partial charge in [0.1, 0.15) is 12.2 Å². The second kappa shape index (κ2) is 10.3. The summed E-state index contributed by atoms with van der Waals surface area (Å²) in [6.07, 6.45) is 1.92. The summed E-state index contributed by atoms with van der Waals surface area (Å²) < 4.78 is 5.25. The second-order valence-corrected chi connectivity index (χ2v) is 8.01. The zero-order valence-electron chi connectivity index (χ0n) is 18.2. The van der Waals surface area contributed by atoms with Gasteiger partial charge < -0.3 is 19.4 Å². The van der Waals surface area contributed by atoms with Crippen molar-refractivity contribution in [2.45, 2.75) is 38.6 Å². The first-order valence-electron chi connectivity index (χ1n) is 10.9. The van der Waals surface area contributed by atoms with Gasteiger partial charge in [0.15, 0.2) is 0 Å². The van der Waals surface area contributed by atoms with Crippen LogP contribution in [-0.2, 0) is 14.4 Å². The van der Waals surface area contributed by atoms with Crippen LogP contribution in [0.3, 0.4) is 0 Å². The third-order valence-corrected chi connectivity index (χ3v) is 6.13. The van der Waals surface area contributed by atoms with E-state index < -0.39 is 5.92 Å². The second-order valence-electron chi connectivity index (χ2n) is 8.01. The molecule has 3 amide bonds. The fraction of sp³-hybridized carbons (Fsp3) is 0.565. The zero-order valence-corrected chi connectivity index (χ0v) is 18.2. The van der Waals surface area contributed by atoms with Crippen LogP contribution in [0.25, 0.3) is 0 Å². The molecule has 8 nitrogen and oxygen atoms in total. The number of carbonyl (C=O) groups excluding carboxylic acids is 3. The van der Waals surface area contributed by atoms with Crippen molar-refractivity contribution in [3.8, 4) is 11.8 Å². The number of benzene rings is 1. The first-order valence-corrected chi connectivity index (χ1v) is 10.9. The fourth-order valence-electron chi connectivity index (χ4n) is 4.41. The van der Waals surface area contributed by atoms with E-state index in [0.29, 0.717) is 32.7 Å². The molecule has 166 valence electrons. The third-order valence-electron chi connectivity index (χ3n) is 6.13. The molecule has 2 fully saturated rings. The Bertz CT molecular complexity index is 840. The van der Waals surface area contributed by atoms with Crippen molar-refractivity contribution in [3.05, 3.63) is 29.8 Å². The maximum atomic E-state index is 13.4. The van der Waals surface area contributed by atoms with E-state index in [9.17, 15) is 14.4 Å². The Balaban J connectivity index is 1.77. The van der Waals surface area contributed by atoms with Crippen molar-refractivity contribution in [2.24, 2.45) is 5.92 Å². The number of hydrogen-bond donors (Lipinski definition) is 0. The van der Waals surface area contributed by atoms with E-state index >= 15 is 0 Å². The van der Waals surface area contributed by atoms with Crippen LogP contribution >= 0.6 is 0 Å². The third kappa shape index (κ3) is 4.98. The summed E-state index contributed by atoms with van der Waals surface area (Å²) in [6, 6.07) is 9.16. The van der Waals surface area contributed by atoms with Gasteiger partial charge in [0, 0.05) is 39.1 Å². The van der Waals surface area contributed by atoms with Crippen molar-refractivity contribution < 1.29 is 19.1 Å². The highest BCUT2D eigenvalue weighted by Gasteiger charge is 2.45. The van der Waals surface area contributed by atoms with Crippen LogP contribution in [0.15, 0.2) is 24.3 Å². The lowest BCUT2D eigenvalue weighted by Crippen LogP contribution is -2.52. The SMILES string of the molecule is CCCCN1C(=O)C[C@@H](C(=O)N2CCN(C(=O)CC#N)CC2)[C@@H]1c1ccc(OC)cc1. The van der Waals surface area contributed by atoms with E-state index in [0.717, 1.165) is 24.2 Å². The van der Waals surface area contributed by atoms with Gasteiger partial charge in [0.25, 0.3) is 0 Å². The van der Waals surface area contributed by atoms with E-state index in [4.69, 9.17) is 10.00 Å². The van der Waals surface area contributed by atoms with Gasteiger partial charge in [-0.05, 0) is 24.1 Å². The van der Waals surface area contributed by atoms with Gasteiger partial charge in [-0.2, -0.15) is 5.26 Å². The van der Waals surface area contributed by atoms with Crippen molar-refractivity contribution in [3.63, 3.8) is 0 Å². The van der Waals surface area contributed by atoms with E-state index in [2.05, 4.69) is 6.92 Å². The predicted molar refractivity (Wildman–Crippen MR) is 114 cm³/mol. The number of nitrogens with zero attached hydrogens (tertiary/aromatic N) is 4. The molecule has 8 heteroatoms. The molecule has 2 aliphatic rings. The summed E-state index contributed by atoms with van der Waals surface area (Å²) >= 11 is 0. The molecule has 0 aliphatic carbocycles.